The minimum atomic E-state index is -3.43. The lowest BCUT2D eigenvalue weighted by atomic mass is 10.1. The number of rotatable bonds is 7. The number of benzene rings is 2. The largest absolute Gasteiger partial charge is 0.489 e. The normalized spacial score (nSPS) is 15.4. The molecule has 13 heteroatoms. The Bertz CT molecular complexity index is 1450. The summed E-state index contributed by atoms with van der Waals surface area (Å²) in [6.07, 6.45) is 1.30. The number of likely N-dealkylation sites (N-methyl/N-ethyl adjacent to an activating group) is 1. The monoisotopic (exact) mass is 514 g/mol. The van der Waals surface area contributed by atoms with Crippen molar-refractivity contribution >= 4 is 39.2 Å². The number of hydrogen-bond donors (Lipinski definition) is 3. The van der Waals surface area contributed by atoms with Gasteiger partial charge in [0.05, 0.1) is 17.5 Å². The van der Waals surface area contributed by atoms with E-state index in [0.717, 1.165) is 11.8 Å². The van der Waals surface area contributed by atoms with Gasteiger partial charge in [0.25, 0.3) is 11.8 Å². The number of amides is 2. The van der Waals surface area contributed by atoms with Crippen molar-refractivity contribution in [3.05, 3.63) is 71.1 Å². The maximum absolute atomic E-state index is 12.9. The van der Waals surface area contributed by atoms with Crippen molar-refractivity contribution in [1.82, 2.24) is 10.5 Å². The lowest BCUT2D eigenvalue weighted by Crippen LogP contribution is -2.49. The van der Waals surface area contributed by atoms with Crippen LogP contribution in [0.25, 0.3) is 0 Å². The third-order valence-corrected chi connectivity index (χ3v) is 5.91. The molecule has 1 aliphatic heterocycles. The molecule has 2 aromatic carbocycles. The Kier molecular flexibility index (Phi) is 6.66. The standard InChI is InChI=1S/C23H22N4O8S/c1-27-19-10-14(23(30)31)6-7-20(19)34-12-18(22(27)29)24-21(28)17-11-16(35-25-17)9-13-4-3-5-15(8-13)26-36(2,32)33/h3-8,10-11,18,26H,9,12H2,1-2H3,(H,24,28)(H,30,31)/t18-/m0/s1. The van der Waals surface area contributed by atoms with Gasteiger partial charge < -0.3 is 24.6 Å². The number of aromatic nitrogens is 1. The third kappa shape index (κ3) is 5.63. The highest BCUT2D eigenvalue weighted by atomic mass is 32.2. The molecule has 2 heterocycles. The van der Waals surface area contributed by atoms with Crippen LogP contribution in [0.2, 0.25) is 0 Å². The zero-order chi connectivity index (χ0) is 26.0. The topological polar surface area (TPSA) is 168 Å². The first-order chi connectivity index (χ1) is 17.0. The van der Waals surface area contributed by atoms with Crippen molar-refractivity contribution in [2.24, 2.45) is 0 Å². The summed E-state index contributed by atoms with van der Waals surface area (Å²) in [6, 6.07) is 11.2. The van der Waals surface area contributed by atoms with Crippen molar-refractivity contribution < 1.29 is 37.2 Å². The molecule has 188 valence electrons. The molecular formula is C23H22N4O8S. The first-order valence-corrected chi connectivity index (χ1v) is 12.5. The molecule has 3 aromatic rings. The summed E-state index contributed by atoms with van der Waals surface area (Å²) in [5.74, 6) is -1.64. The number of carboxylic acid groups (broad SMARTS) is 1. The summed E-state index contributed by atoms with van der Waals surface area (Å²) in [7, 11) is -1.97. The summed E-state index contributed by atoms with van der Waals surface area (Å²) >= 11 is 0. The third-order valence-electron chi connectivity index (χ3n) is 5.31. The number of anilines is 2. The van der Waals surface area contributed by atoms with E-state index in [4.69, 9.17) is 9.26 Å². The average molecular weight is 515 g/mol. The van der Waals surface area contributed by atoms with Crippen LogP contribution in [0.15, 0.2) is 53.1 Å². The summed E-state index contributed by atoms with van der Waals surface area (Å²) in [6.45, 7) is -0.167. The van der Waals surface area contributed by atoms with Gasteiger partial charge in [-0.1, -0.05) is 17.3 Å². The van der Waals surface area contributed by atoms with Gasteiger partial charge in [-0.2, -0.15) is 0 Å². The van der Waals surface area contributed by atoms with Crippen LogP contribution in [0.4, 0.5) is 11.4 Å². The fourth-order valence-electron chi connectivity index (χ4n) is 3.63. The number of sulfonamides is 1. The number of nitrogens with one attached hydrogen (secondary N) is 2. The van der Waals surface area contributed by atoms with Gasteiger partial charge >= 0.3 is 5.97 Å². The maximum Gasteiger partial charge on any atom is 0.335 e. The highest BCUT2D eigenvalue weighted by Gasteiger charge is 2.32. The lowest BCUT2D eigenvalue weighted by Gasteiger charge is -2.20. The van der Waals surface area contributed by atoms with Gasteiger partial charge in [-0.25, -0.2) is 13.2 Å². The van der Waals surface area contributed by atoms with E-state index >= 15 is 0 Å². The van der Waals surface area contributed by atoms with E-state index in [9.17, 15) is 27.9 Å². The Labute approximate surface area is 205 Å². The Morgan fingerprint density at radius 1 is 1.19 bits per heavy atom. The van der Waals surface area contributed by atoms with Crippen LogP contribution in [0.3, 0.4) is 0 Å². The van der Waals surface area contributed by atoms with Crippen LogP contribution in [-0.4, -0.2) is 62.4 Å². The zero-order valence-corrected chi connectivity index (χ0v) is 20.0. The number of aromatic carboxylic acids is 1. The number of carbonyl (C=O) groups excluding carboxylic acids is 2. The molecule has 1 atom stereocenters. The van der Waals surface area contributed by atoms with E-state index in [1.165, 1.54) is 36.2 Å². The predicted octanol–water partition coefficient (Wildman–Crippen LogP) is 1.49. The van der Waals surface area contributed by atoms with Gasteiger partial charge in [0.2, 0.25) is 10.0 Å². The van der Waals surface area contributed by atoms with Gasteiger partial charge in [-0.05, 0) is 35.9 Å². The predicted molar refractivity (Wildman–Crippen MR) is 128 cm³/mol. The molecule has 0 bridgehead atoms. The molecule has 0 spiro atoms. The molecule has 2 amide bonds. The van der Waals surface area contributed by atoms with Gasteiger partial charge in [-0.15, -0.1) is 0 Å². The molecule has 12 nitrogen and oxygen atoms in total. The van der Waals surface area contributed by atoms with E-state index in [0.29, 0.717) is 17.2 Å². The van der Waals surface area contributed by atoms with E-state index in [1.54, 1.807) is 24.3 Å². The van der Waals surface area contributed by atoms with Gasteiger partial charge in [0.1, 0.15) is 24.2 Å². The molecule has 0 aliphatic carbocycles. The number of nitrogens with zero attached hydrogens (tertiary/aromatic N) is 2. The van der Waals surface area contributed by atoms with Crippen LogP contribution < -0.4 is 19.7 Å². The summed E-state index contributed by atoms with van der Waals surface area (Å²) in [5.41, 5.74) is 1.32. The molecule has 3 N–H and O–H groups in total. The minimum absolute atomic E-state index is 0.00718. The smallest absolute Gasteiger partial charge is 0.335 e. The molecule has 1 aliphatic rings. The van der Waals surface area contributed by atoms with Crippen LogP contribution in [0.5, 0.6) is 5.75 Å². The lowest BCUT2D eigenvalue weighted by molar-refractivity contribution is -0.120. The second-order valence-corrected chi connectivity index (χ2v) is 9.90. The molecular weight excluding hydrogens is 492 g/mol. The fraction of sp³-hybridized carbons (Fsp3) is 0.217. The second kappa shape index (κ2) is 9.70. The van der Waals surface area contributed by atoms with Crippen LogP contribution in [-0.2, 0) is 21.2 Å². The quantitative estimate of drug-likeness (QED) is 0.423. The number of fused-ring (bicyclic) bond motifs is 1. The highest BCUT2D eigenvalue weighted by molar-refractivity contribution is 7.92. The molecule has 0 radical (unpaired) electrons. The first-order valence-electron chi connectivity index (χ1n) is 10.6. The van der Waals surface area contributed by atoms with Crippen molar-refractivity contribution in [3.8, 4) is 5.75 Å². The van der Waals surface area contributed by atoms with Crippen molar-refractivity contribution in [1.29, 1.82) is 0 Å². The van der Waals surface area contributed by atoms with E-state index in [1.807, 2.05) is 0 Å². The molecule has 0 saturated carbocycles. The number of ether oxygens (including phenoxy) is 1. The SMILES string of the molecule is CN1C(=O)[C@@H](NC(=O)c2cc(Cc3cccc(NS(C)(=O)=O)c3)on2)COc2ccc(C(=O)O)cc21. The number of hydrogen-bond acceptors (Lipinski definition) is 8. The molecule has 0 saturated heterocycles. The first kappa shape index (κ1) is 24.7. The van der Waals surface area contributed by atoms with Crippen LogP contribution in [0, 0.1) is 0 Å². The summed E-state index contributed by atoms with van der Waals surface area (Å²) in [5, 5.41) is 15.6. The fourth-order valence-corrected chi connectivity index (χ4v) is 4.19. The molecule has 0 fully saturated rings. The minimum Gasteiger partial charge on any atom is -0.489 e. The number of carboxylic acids is 1. The maximum atomic E-state index is 12.9. The number of carbonyl (C=O) groups is 3. The van der Waals surface area contributed by atoms with Gasteiger partial charge in [-0.3, -0.25) is 14.3 Å². The Hall–Kier alpha value is -4.39. The molecule has 1 aromatic heterocycles. The van der Waals surface area contributed by atoms with E-state index < -0.39 is 33.8 Å². The summed E-state index contributed by atoms with van der Waals surface area (Å²) < 4.78 is 36.2. The zero-order valence-electron chi connectivity index (χ0n) is 19.2. The van der Waals surface area contributed by atoms with Crippen molar-refractivity contribution in [2.75, 3.05) is 29.5 Å². The van der Waals surface area contributed by atoms with Gasteiger partial charge in [0, 0.05) is 25.2 Å². The average Bonchev–Trinajstić information content (AvgIpc) is 3.24. The summed E-state index contributed by atoms with van der Waals surface area (Å²) in [4.78, 5) is 38.2. The Balaban J connectivity index is 1.44. The van der Waals surface area contributed by atoms with E-state index in [2.05, 4.69) is 15.2 Å². The Morgan fingerprint density at radius 2 is 1.97 bits per heavy atom. The van der Waals surface area contributed by atoms with Crippen molar-refractivity contribution in [3.63, 3.8) is 0 Å². The second-order valence-electron chi connectivity index (χ2n) is 8.15. The van der Waals surface area contributed by atoms with Gasteiger partial charge in [0.15, 0.2) is 5.69 Å². The highest BCUT2D eigenvalue weighted by Crippen LogP contribution is 2.31. The van der Waals surface area contributed by atoms with Crippen LogP contribution >= 0.6 is 0 Å². The Morgan fingerprint density at radius 3 is 2.69 bits per heavy atom. The van der Waals surface area contributed by atoms with Crippen molar-refractivity contribution in [2.45, 2.75) is 12.5 Å². The van der Waals surface area contributed by atoms with Crippen LogP contribution in [0.1, 0.15) is 32.2 Å². The molecule has 4 rings (SSSR count). The van der Waals surface area contributed by atoms with E-state index in [-0.39, 0.29) is 30.0 Å². The molecule has 0 unspecified atom stereocenters. The molecule has 36 heavy (non-hydrogen) atoms.